The van der Waals surface area contributed by atoms with E-state index in [1.165, 1.54) is 0 Å². The molecule has 168 valence electrons. The summed E-state index contributed by atoms with van der Waals surface area (Å²) in [6.45, 7) is 1.65. The van der Waals surface area contributed by atoms with Crippen molar-refractivity contribution in [3.05, 3.63) is 69.7 Å². The summed E-state index contributed by atoms with van der Waals surface area (Å²) in [5, 5.41) is 15.9. The molecule has 3 aromatic carbocycles. The van der Waals surface area contributed by atoms with Gasteiger partial charge < -0.3 is 19.6 Å². The van der Waals surface area contributed by atoms with Crippen molar-refractivity contribution in [3.63, 3.8) is 0 Å². The van der Waals surface area contributed by atoms with Gasteiger partial charge in [0.2, 0.25) is 5.89 Å². The number of rotatable bonds is 5. The highest BCUT2D eigenvalue weighted by molar-refractivity contribution is 9.10. The Kier molecular flexibility index (Phi) is 6.83. The summed E-state index contributed by atoms with van der Waals surface area (Å²) in [5.74, 6) is 0.713. The molecule has 1 amide bonds. The van der Waals surface area contributed by atoms with Gasteiger partial charge in [0.1, 0.15) is 17.0 Å². The van der Waals surface area contributed by atoms with Crippen LogP contribution >= 0.6 is 39.7 Å². The molecule has 0 unspecified atom stereocenters. The molecule has 0 atom stereocenters. The van der Waals surface area contributed by atoms with Crippen molar-refractivity contribution in [2.24, 2.45) is 0 Å². The number of amides is 1. The second kappa shape index (κ2) is 9.78. The highest BCUT2D eigenvalue weighted by Crippen LogP contribution is 2.31. The van der Waals surface area contributed by atoms with Gasteiger partial charge in [0.15, 0.2) is 17.3 Å². The Bertz CT molecular complexity index is 1380. The Morgan fingerprint density at radius 2 is 2.03 bits per heavy atom. The fraction of sp³-hybridized carbons (Fsp3) is 0.0870. The number of aromatic nitrogens is 1. The first-order valence-corrected chi connectivity index (χ1v) is 11.3. The van der Waals surface area contributed by atoms with E-state index in [1.54, 1.807) is 54.6 Å². The number of hydrogen-bond acceptors (Lipinski definition) is 6. The summed E-state index contributed by atoms with van der Waals surface area (Å²) in [6, 6.07) is 15.4. The van der Waals surface area contributed by atoms with E-state index in [0.29, 0.717) is 43.5 Å². The number of ether oxygens (including phenoxy) is 1. The molecule has 0 spiro atoms. The van der Waals surface area contributed by atoms with Gasteiger partial charge in [-0.25, -0.2) is 4.98 Å². The predicted molar refractivity (Wildman–Crippen MR) is 135 cm³/mol. The van der Waals surface area contributed by atoms with E-state index in [9.17, 15) is 9.90 Å². The maximum Gasteiger partial charge on any atom is 0.264 e. The average Bonchev–Trinajstić information content (AvgIpc) is 3.18. The number of thiocarbonyl (C=S) groups is 1. The number of nitrogens with zero attached hydrogens (tertiary/aromatic N) is 1. The van der Waals surface area contributed by atoms with Crippen molar-refractivity contribution < 1.29 is 19.1 Å². The van der Waals surface area contributed by atoms with Crippen LogP contribution in [0.4, 0.5) is 5.69 Å². The molecule has 0 bridgehead atoms. The summed E-state index contributed by atoms with van der Waals surface area (Å²) in [4.78, 5) is 16.7. The van der Waals surface area contributed by atoms with Gasteiger partial charge in [-0.05, 0) is 95.2 Å². The van der Waals surface area contributed by atoms with Gasteiger partial charge in [0, 0.05) is 16.3 Å². The van der Waals surface area contributed by atoms with Gasteiger partial charge in [-0.3, -0.25) is 10.1 Å². The van der Waals surface area contributed by atoms with Gasteiger partial charge in [0.25, 0.3) is 5.91 Å². The molecule has 4 aromatic rings. The minimum absolute atomic E-state index is 0.127. The van der Waals surface area contributed by atoms with Crippen LogP contribution in [0, 0.1) is 6.92 Å². The van der Waals surface area contributed by atoms with Crippen LogP contribution in [0.2, 0.25) is 5.02 Å². The molecule has 7 nitrogen and oxygen atoms in total. The second-order valence-electron chi connectivity index (χ2n) is 7.07. The molecule has 0 aliphatic heterocycles. The van der Waals surface area contributed by atoms with E-state index < -0.39 is 5.91 Å². The maximum absolute atomic E-state index is 12.2. The van der Waals surface area contributed by atoms with Crippen molar-refractivity contribution in [1.29, 1.82) is 0 Å². The zero-order valence-corrected chi connectivity index (χ0v) is 20.3. The van der Waals surface area contributed by atoms with Crippen molar-refractivity contribution >= 4 is 67.6 Å². The molecular formula is C23H17BrClN3O4S. The summed E-state index contributed by atoms with van der Waals surface area (Å²) < 4.78 is 11.9. The number of nitrogens with one attached hydrogen (secondary N) is 2. The quantitative estimate of drug-likeness (QED) is 0.272. The normalized spacial score (nSPS) is 10.8. The lowest BCUT2D eigenvalue weighted by atomic mass is 10.2. The van der Waals surface area contributed by atoms with Crippen LogP contribution in [-0.4, -0.2) is 27.7 Å². The third-order valence-corrected chi connectivity index (χ3v) is 5.66. The van der Waals surface area contributed by atoms with E-state index in [1.807, 2.05) is 6.92 Å². The SMILES string of the molecule is Cc1cc(Cl)ccc1OCC(=O)NC(=S)Nc1ccc2oc(-c3ccc(O)c(Br)c3)nc2c1. The van der Waals surface area contributed by atoms with Gasteiger partial charge >= 0.3 is 0 Å². The fourth-order valence-electron chi connectivity index (χ4n) is 3.01. The highest BCUT2D eigenvalue weighted by atomic mass is 79.9. The molecule has 0 saturated carbocycles. The minimum atomic E-state index is -0.399. The number of carbonyl (C=O) groups excluding carboxylic acids is 1. The lowest BCUT2D eigenvalue weighted by Crippen LogP contribution is -2.37. The van der Waals surface area contributed by atoms with E-state index in [4.69, 9.17) is 33.0 Å². The van der Waals surface area contributed by atoms with Crippen LogP contribution in [0.3, 0.4) is 0 Å². The topological polar surface area (TPSA) is 96.6 Å². The van der Waals surface area contributed by atoms with Crippen LogP contribution < -0.4 is 15.4 Å². The van der Waals surface area contributed by atoms with E-state index in [-0.39, 0.29) is 17.5 Å². The van der Waals surface area contributed by atoms with E-state index >= 15 is 0 Å². The molecule has 3 N–H and O–H groups in total. The number of carbonyl (C=O) groups is 1. The molecule has 1 heterocycles. The Hall–Kier alpha value is -3.14. The van der Waals surface area contributed by atoms with Crippen LogP contribution in [0.25, 0.3) is 22.6 Å². The standard InChI is InChI=1S/C23H17BrClN3O4S/c1-12-8-14(25)3-6-19(12)31-11-21(30)28-23(33)26-15-4-7-20-17(10-15)27-22(32-20)13-2-5-18(29)16(24)9-13/h2-10,29H,11H2,1H3,(H2,26,28,30,33). The average molecular weight is 547 g/mol. The van der Waals surface area contributed by atoms with Gasteiger partial charge in [-0.15, -0.1) is 0 Å². The van der Waals surface area contributed by atoms with Crippen molar-refractivity contribution in [1.82, 2.24) is 10.3 Å². The Labute approximate surface area is 207 Å². The van der Waals surface area contributed by atoms with Crippen LogP contribution in [0.15, 0.2) is 63.5 Å². The summed E-state index contributed by atoms with van der Waals surface area (Å²) >= 11 is 14.4. The Morgan fingerprint density at radius 1 is 1.21 bits per heavy atom. The van der Waals surface area contributed by atoms with Gasteiger partial charge in [-0.2, -0.15) is 0 Å². The number of oxazole rings is 1. The third kappa shape index (κ3) is 5.62. The van der Waals surface area contributed by atoms with Crippen LogP contribution in [-0.2, 0) is 4.79 Å². The summed E-state index contributed by atoms with van der Waals surface area (Å²) in [6.07, 6.45) is 0. The molecule has 0 aliphatic rings. The molecule has 4 rings (SSSR count). The number of aromatic hydroxyl groups is 1. The molecule has 0 radical (unpaired) electrons. The first-order valence-electron chi connectivity index (χ1n) is 9.68. The number of hydrogen-bond donors (Lipinski definition) is 3. The Morgan fingerprint density at radius 3 is 2.79 bits per heavy atom. The van der Waals surface area contributed by atoms with E-state index in [0.717, 1.165) is 5.56 Å². The molecule has 0 saturated heterocycles. The molecule has 10 heteroatoms. The van der Waals surface area contributed by atoms with Crippen LogP contribution in [0.5, 0.6) is 11.5 Å². The molecular weight excluding hydrogens is 530 g/mol. The lowest BCUT2D eigenvalue weighted by Gasteiger charge is -2.11. The minimum Gasteiger partial charge on any atom is -0.507 e. The first-order chi connectivity index (χ1) is 15.8. The monoisotopic (exact) mass is 545 g/mol. The molecule has 33 heavy (non-hydrogen) atoms. The maximum atomic E-state index is 12.2. The van der Waals surface area contributed by atoms with Gasteiger partial charge in [0.05, 0.1) is 4.47 Å². The fourth-order valence-corrected chi connectivity index (χ4v) is 3.85. The molecule has 1 aromatic heterocycles. The van der Waals surface area contributed by atoms with Gasteiger partial charge in [-0.1, -0.05) is 11.6 Å². The first kappa shape index (κ1) is 23.0. The van der Waals surface area contributed by atoms with Crippen LogP contribution in [0.1, 0.15) is 5.56 Å². The number of phenolic OH excluding ortho intramolecular Hbond substituents is 1. The number of aryl methyl sites for hydroxylation is 1. The lowest BCUT2D eigenvalue weighted by molar-refractivity contribution is -0.121. The van der Waals surface area contributed by atoms with Crippen molar-refractivity contribution in [2.45, 2.75) is 6.92 Å². The molecule has 0 fully saturated rings. The Balaban J connectivity index is 1.38. The van der Waals surface area contributed by atoms with Crippen molar-refractivity contribution in [2.75, 3.05) is 11.9 Å². The zero-order chi connectivity index (χ0) is 23.5. The predicted octanol–water partition coefficient (Wildman–Crippen LogP) is 5.82. The summed E-state index contributed by atoms with van der Waals surface area (Å²) in [5.41, 5.74) is 3.37. The number of phenols is 1. The third-order valence-electron chi connectivity index (χ3n) is 4.59. The smallest absolute Gasteiger partial charge is 0.264 e. The number of benzene rings is 3. The summed E-state index contributed by atoms with van der Waals surface area (Å²) in [7, 11) is 0. The zero-order valence-electron chi connectivity index (χ0n) is 17.2. The molecule has 0 aliphatic carbocycles. The second-order valence-corrected chi connectivity index (χ2v) is 8.77. The number of halogens is 2. The number of fused-ring (bicyclic) bond motifs is 1. The number of anilines is 1. The largest absolute Gasteiger partial charge is 0.507 e. The van der Waals surface area contributed by atoms with E-state index in [2.05, 4.69) is 31.5 Å². The van der Waals surface area contributed by atoms with Crippen molar-refractivity contribution in [3.8, 4) is 23.0 Å². The highest BCUT2D eigenvalue weighted by Gasteiger charge is 2.12.